The van der Waals surface area contributed by atoms with E-state index >= 15 is 0 Å². The molecule has 0 amide bonds. The second-order valence-corrected chi connectivity index (χ2v) is 7.73. The maximum absolute atomic E-state index is 13.2. The molecule has 0 spiro atoms. The van der Waals surface area contributed by atoms with Gasteiger partial charge in [-0.25, -0.2) is 9.78 Å². The molecule has 1 saturated heterocycles. The fourth-order valence-corrected chi connectivity index (χ4v) is 3.89. The van der Waals surface area contributed by atoms with E-state index in [1.807, 2.05) is 29.7 Å². The Bertz CT molecular complexity index is 1230. The van der Waals surface area contributed by atoms with Crippen molar-refractivity contribution in [1.29, 1.82) is 0 Å². The van der Waals surface area contributed by atoms with Crippen molar-refractivity contribution in [1.82, 2.24) is 9.55 Å². The van der Waals surface area contributed by atoms with Crippen molar-refractivity contribution in [3.8, 4) is 11.5 Å². The Balaban J connectivity index is 1.92. The van der Waals surface area contributed by atoms with Gasteiger partial charge >= 0.3 is 5.97 Å². The number of ether oxygens (including phenoxy) is 3. The molecule has 1 aliphatic rings. The highest BCUT2D eigenvalue weighted by Gasteiger charge is 2.23. The van der Waals surface area contributed by atoms with Gasteiger partial charge in [-0.15, -0.1) is 0 Å². The average Bonchev–Trinajstić information content (AvgIpc) is 2.74. The highest BCUT2D eigenvalue weighted by Crippen LogP contribution is 2.28. The average molecular weight is 437 g/mol. The zero-order valence-electron chi connectivity index (χ0n) is 18.8. The Kier molecular flexibility index (Phi) is 6.03. The van der Waals surface area contributed by atoms with Crippen LogP contribution in [-0.2, 0) is 11.3 Å². The van der Waals surface area contributed by atoms with E-state index in [2.05, 4.69) is 4.90 Å². The summed E-state index contributed by atoms with van der Waals surface area (Å²) < 4.78 is 17.8. The molecule has 8 heteroatoms. The van der Waals surface area contributed by atoms with Crippen LogP contribution in [0.4, 0.5) is 5.82 Å². The molecule has 2 aromatic heterocycles. The molecule has 0 N–H and O–H groups in total. The molecule has 32 heavy (non-hydrogen) atoms. The zero-order chi connectivity index (χ0) is 22.8. The predicted molar refractivity (Wildman–Crippen MR) is 122 cm³/mol. The van der Waals surface area contributed by atoms with Crippen molar-refractivity contribution in [2.24, 2.45) is 0 Å². The summed E-state index contributed by atoms with van der Waals surface area (Å²) in [7, 11) is 3.19. The molecule has 1 aromatic carbocycles. The second-order valence-electron chi connectivity index (χ2n) is 7.73. The quantitative estimate of drug-likeness (QED) is 0.525. The predicted octanol–water partition coefficient (Wildman–Crippen LogP) is 3.16. The number of pyridine rings is 2. The Morgan fingerprint density at radius 2 is 1.94 bits per heavy atom. The van der Waals surface area contributed by atoms with Crippen LogP contribution in [0.3, 0.4) is 0 Å². The number of hydrogen-bond donors (Lipinski definition) is 0. The van der Waals surface area contributed by atoms with Crippen molar-refractivity contribution in [2.75, 3.05) is 38.8 Å². The van der Waals surface area contributed by atoms with Crippen LogP contribution in [-0.4, -0.2) is 49.4 Å². The lowest BCUT2D eigenvalue weighted by Gasteiger charge is -2.32. The number of methoxy groups -OCH3 is 2. The van der Waals surface area contributed by atoms with Crippen LogP contribution < -0.4 is 19.8 Å². The SMILES string of the molecule is CCOC(=O)c1cn(Cc2ccc(OC)cc2OC)c2nc(N3CCC3)cc(C)c2c1=O. The second kappa shape index (κ2) is 8.90. The molecule has 0 atom stereocenters. The summed E-state index contributed by atoms with van der Waals surface area (Å²) in [5.41, 5.74) is 1.80. The van der Waals surface area contributed by atoms with Crippen molar-refractivity contribution in [3.63, 3.8) is 0 Å². The standard InChI is InChI=1S/C24H27N3O5/c1-5-32-24(29)18-14-27(13-16-7-8-17(30-3)12-19(16)31-4)23-21(22(18)28)15(2)11-20(25-23)26-9-6-10-26/h7-8,11-12,14H,5-6,9-10,13H2,1-4H3. The van der Waals surface area contributed by atoms with E-state index in [4.69, 9.17) is 19.2 Å². The van der Waals surface area contributed by atoms with Crippen molar-refractivity contribution in [3.05, 3.63) is 57.4 Å². The zero-order valence-corrected chi connectivity index (χ0v) is 18.8. The van der Waals surface area contributed by atoms with Gasteiger partial charge in [-0.3, -0.25) is 4.79 Å². The molecule has 3 aromatic rings. The molecule has 0 radical (unpaired) electrons. The minimum Gasteiger partial charge on any atom is -0.497 e. The lowest BCUT2D eigenvalue weighted by Crippen LogP contribution is -2.38. The molecule has 0 aliphatic carbocycles. The minimum absolute atomic E-state index is 0.00608. The van der Waals surface area contributed by atoms with Gasteiger partial charge in [0.25, 0.3) is 0 Å². The third-order valence-electron chi connectivity index (χ3n) is 5.72. The Hall–Kier alpha value is -3.55. The fourth-order valence-electron chi connectivity index (χ4n) is 3.89. The lowest BCUT2D eigenvalue weighted by atomic mass is 10.1. The molecule has 8 nitrogen and oxygen atoms in total. The third kappa shape index (κ3) is 3.88. The minimum atomic E-state index is -0.638. The van der Waals surface area contributed by atoms with Crippen LogP contribution in [0.25, 0.3) is 11.0 Å². The van der Waals surface area contributed by atoms with Gasteiger partial charge in [-0.1, -0.05) is 0 Å². The number of benzene rings is 1. The maximum atomic E-state index is 13.2. The van der Waals surface area contributed by atoms with E-state index < -0.39 is 5.97 Å². The molecule has 168 valence electrons. The van der Waals surface area contributed by atoms with Crippen molar-refractivity contribution >= 4 is 22.8 Å². The summed E-state index contributed by atoms with van der Waals surface area (Å²) >= 11 is 0. The summed E-state index contributed by atoms with van der Waals surface area (Å²) in [5, 5.41) is 0.423. The van der Waals surface area contributed by atoms with Crippen LogP contribution in [0.5, 0.6) is 11.5 Å². The number of hydrogen-bond acceptors (Lipinski definition) is 7. The first-order valence-electron chi connectivity index (χ1n) is 10.6. The first-order valence-corrected chi connectivity index (χ1v) is 10.6. The van der Waals surface area contributed by atoms with Crippen LogP contribution in [0, 0.1) is 6.92 Å². The summed E-state index contributed by atoms with van der Waals surface area (Å²) in [6.45, 7) is 6.01. The highest BCUT2D eigenvalue weighted by molar-refractivity contribution is 5.94. The number of esters is 1. The van der Waals surface area contributed by atoms with Gasteiger partial charge in [0, 0.05) is 30.9 Å². The van der Waals surface area contributed by atoms with Gasteiger partial charge in [0.1, 0.15) is 28.5 Å². The number of rotatable bonds is 7. The Morgan fingerprint density at radius 3 is 2.56 bits per heavy atom. The number of fused-ring (bicyclic) bond motifs is 1. The summed E-state index contributed by atoms with van der Waals surface area (Å²) in [4.78, 5) is 32.8. The Morgan fingerprint density at radius 1 is 1.16 bits per heavy atom. The van der Waals surface area contributed by atoms with Crippen molar-refractivity contribution < 1.29 is 19.0 Å². The van der Waals surface area contributed by atoms with Gasteiger partial charge in [0.15, 0.2) is 0 Å². The maximum Gasteiger partial charge on any atom is 0.343 e. The van der Waals surface area contributed by atoms with E-state index in [-0.39, 0.29) is 17.6 Å². The first-order chi connectivity index (χ1) is 15.5. The van der Waals surface area contributed by atoms with E-state index in [1.54, 1.807) is 33.4 Å². The molecular weight excluding hydrogens is 410 g/mol. The topological polar surface area (TPSA) is 82.9 Å². The number of aryl methyl sites for hydroxylation is 1. The molecule has 1 fully saturated rings. The number of carbonyl (C=O) groups is 1. The van der Waals surface area contributed by atoms with Gasteiger partial charge in [-0.2, -0.15) is 0 Å². The lowest BCUT2D eigenvalue weighted by molar-refractivity contribution is 0.0524. The van der Waals surface area contributed by atoms with Crippen LogP contribution >= 0.6 is 0 Å². The summed E-state index contributed by atoms with van der Waals surface area (Å²) in [6.07, 6.45) is 2.66. The smallest absolute Gasteiger partial charge is 0.343 e. The van der Waals surface area contributed by atoms with Gasteiger partial charge < -0.3 is 23.7 Å². The molecule has 0 unspecified atom stereocenters. The molecule has 1 aliphatic heterocycles. The first kappa shape index (κ1) is 21.7. The normalized spacial score (nSPS) is 13.1. The van der Waals surface area contributed by atoms with E-state index in [9.17, 15) is 9.59 Å². The van der Waals surface area contributed by atoms with E-state index in [1.165, 1.54) is 0 Å². The molecule has 0 saturated carbocycles. The number of carbonyl (C=O) groups excluding carboxylic acids is 1. The van der Waals surface area contributed by atoms with Gasteiger partial charge in [0.05, 0.1) is 32.8 Å². The number of anilines is 1. The highest BCUT2D eigenvalue weighted by atomic mass is 16.5. The van der Waals surface area contributed by atoms with Gasteiger partial charge in [-0.05, 0) is 44.0 Å². The number of aromatic nitrogens is 2. The number of nitrogens with zero attached hydrogens (tertiary/aromatic N) is 3. The van der Waals surface area contributed by atoms with Crippen LogP contribution in [0.2, 0.25) is 0 Å². The van der Waals surface area contributed by atoms with E-state index in [0.29, 0.717) is 29.1 Å². The molecule has 4 rings (SSSR count). The van der Waals surface area contributed by atoms with Crippen LogP contribution in [0.15, 0.2) is 35.3 Å². The largest absolute Gasteiger partial charge is 0.497 e. The molecule has 3 heterocycles. The van der Waals surface area contributed by atoms with E-state index in [0.717, 1.165) is 36.5 Å². The Labute approximate surface area is 186 Å². The summed E-state index contributed by atoms with van der Waals surface area (Å²) in [6, 6.07) is 7.46. The fraction of sp³-hybridized carbons (Fsp3) is 0.375. The molecular formula is C24H27N3O5. The van der Waals surface area contributed by atoms with Crippen molar-refractivity contribution in [2.45, 2.75) is 26.8 Å². The molecule has 0 bridgehead atoms. The monoisotopic (exact) mass is 437 g/mol. The van der Waals surface area contributed by atoms with Crippen LogP contribution in [0.1, 0.15) is 34.8 Å². The third-order valence-corrected chi connectivity index (χ3v) is 5.72. The summed E-state index contributed by atoms with van der Waals surface area (Å²) in [5.74, 6) is 1.52. The van der Waals surface area contributed by atoms with Gasteiger partial charge in [0.2, 0.25) is 5.43 Å².